The molecule has 1 amide bonds. The van der Waals surface area contributed by atoms with Crippen LogP contribution in [0.5, 0.6) is 11.5 Å². The number of rotatable bonds is 6. The second-order valence-corrected chi connectivity index (χ2v) is 5.93. The summed E-state index contributed by atoms with van der Waals surface area (Å²) in [5.41, 5.74) is 5.92. The Morgan fingerprint density at radius 2 is 2.20 bits per heavy atom. The van der Waals surface area contributed by atoms with Crippen LogP contribution in [0.25, 0.3) is 6.08 Å². The summed E-state index contributed by atoms with van der Waals surface area (Å²) in [5.74, 6) is -0.0295. The molecule has 1 aromatic heterocycles. The van der Waals surface area contributed by atoms with E-state index in [9.17, 15) is 9.59 Å². The largest absolute Gasteiger partial charge is 0.493 e. The van der Waals surface area contributed by atoms with Gasteiger partial charge in [-0.2, -0.15) is 0 Å². The highest BCUT2D eigenvalue weighted by Gasteiger charge is 2.24. The Kier molecular flexibility index (Phi) is 4.80. The number of hydrogen-bond donors (Lipinski definition) is 1. The molecule has 0 fully saturated rings. The third-order valence-corrected chi connectivity index (χ3v) is 4.07. The number of benzene rings is 1. The quantitative estimate of drug-likeness (QED) is 0.628. The summed E-state index contributed by atoms with van der Waals surface area (Å²) in [7, 11) is 1.47. The Morgan fingerprint density at radius 1 is 1.36 bits per heavy atom. The highest BCUT2D eigenvalue weighted by Crippen LogP contribution is 2.30. The van der Waals surface area contributed by atoms with Crippen molar-refractivity contribution < 1.29 is 23.8 Å². The van der Waals surface area contributed by atoms with Gasteiger partial charge in [-0.3, -0.25) is 4.79 Å². The first kappa shape index (κ1) is 16.7. The van der Waals surface area contributed by atoms with Gasteiger partial charge in [-0.15, -0.1) is 11.3 Å². The molecule has 2 aromatic rings. The van der Waals surface area contributed by atoms with Crippen molar-refractivity contribution in [1.29, 1.82) is 0 Å². The van der Waals surface area contributed by atoms with E-state index < -0.39 is 11.9 Å². The molecule has 2 heterocycles. The molecule has 0 spiro atoms. The van der Waals surface area contributed by atoms with Gasteiger partial charge < -0.3 is 19.9 Å². The van der Waals surface area contributed by atoms with Crippen LogP contribution in [0, 0.1) is 0 Å². The Labute approximate surface area is 147 Å². The summed E-state index contributed by atoms with van der Waals surface area (Å²) in [6.45, 7) is -0.252. The molecule has 8 heteroatoms. The van der Waals surface area contributed by atoms with Gasteiger partial charge >= 0.3 is 5.97 Å². The number of carbonyl (C=O) groups excluding carboxylic acids is 2. The van der Waals surface area contributed by atoms with Crippen LogP contribution in [-0.2, 0) is 14.3 Å². The van der Waals surface area contributed by atoms with Gasteiger partial charge in [-0.25, -0.2) is 9.79 Å². The molecule has 2 N–H and O–H groups in total. The second-order valence-electron chi connectivity index (χ2n) is 4.98. The van der Waals surface area contributed by atoms with E-state index >= 15 is 0 Å². The average Bonchev–Trinajstić information content (AvgIpc) is 3.24. The topological polar surface area (TPSA) is 100 Å². The number of primary amides is 1. The predicted octanol–water partition coefficient (Wildman–Crippen LogP) is 1.97. The highest BCUT2D eigenvalue weighted by atomic mass is 32.1. The summed E-state index contributed by atoms with van der Waals surface area (Å²) in [6.07, 6.45) is 1.59. The van der Waals surface area contributed by atoms with Crippen LogP contribution < -0.4 is 15.2 Å². The minimum absolute atomic E-state index is 0.191. The molecule has 0 bridgehead atoms. The van der Waals surface area contributed by atoms with Crippen molar-refractivity contribution in [2.75, 3.05) is 13.7 Å². The number of esters is 1. The molecule has 1 aliphatic rings. The standard InChI is InChI=1S/C17H14N2O5S/c1-22-13-8-10(4-5-12(13)23-9-15(18)20)7-11-17(21)24-16(19-11)14-3-2-6-25-14/h2-8H,9H2,1H3,(H2,18,20)/b11-7-. The second kappa shape index (κ2) is 7.18. The van der Waals surface area contributed by atoms with E-state index in [1.807, 2.05) is 17.5 Å². The van der Waals surface area contributed by atoms with Crippen LogP contribution in [0.3, 0.4) is 0 Å². The number of thiophene rings is 1. The zero-order valence-corrected chi connectivity index (χ0v) is 14.0. The summed E-state index contributed by atoms with van der Waals surface area (Å²) in [6, 6.07) is 8.67. The fourth-order valence-corrected chi connectivity index (χ4v) is 2.76. The van der Waals surface area contributed by atoms with Gasteiger partial charge in [0.1, 0.15) is 0 Å². The van der Waals surface area contributed by atoms with Crippen LogP contribution in [0.4, 0.5) is 0 Å². The molecule has 7 nitrogen and oxygen atoms in total. The van der Waals surface area contributed by atoms with E-state index in [1.165, 1.54) is 18.4 Å². The molecule has 3 rings (SSSR count). The van der Waals surface area contributed by atoms with E-state index in [0.717, 1.165) is 4.88 Å². The molecular weight excluding hydrogens is 344 g/mol. The molecule has 0 unspecified atom stereocenters. The first-order valence-corrected chi connectivity index (χ1v) is 8.10. The molecule has 1 aromatic carbocycles. The fourth-order valence-electron chi connectivity index (χ4n) is 2.11. The molecule has 0 aliphatic carbocycles. The van der Waals surface area contributed by atoms with Crippen molar-refractivity contribution >= 4 is 35.2 Å². The number of nitrogens with zero attached hydrogens (tertiary/aromatic N) is 1. The van der Waals surface area contributed by atoms with Crippen molar-refractivity contribution in [2.45, 2.75) is 0 Å². The number of cyclic esters (lactones) is 1. The molecule has 1 aliphatic heterocycles. The van der Waals surface area contributed by atoms with Crippen LogP contribution in [0.15, 0.2) is 46.4 Å². The monoisotopic (exact) mass is 358 g/mol. The van der Waals surface area contributed by atoms with Gasteiger partial charge in [0.2, 0.25) is 5.90 Å². The van der Waals surface area contributed by atoms with Crippen LogP contribution in [0.2, 0.25) is 0 Å². The number of aliphatic imine (C=N–C) groups is 1. The van der Waals surface area contributed by atoms with Gasteiger partial charge in [0.15, 0.2) is 23.8 Å². The van der Waals surface area contributed by atoms with Gasteiger partial charge in [-0.1, -0.05) is 12.1 Å². The normalized spacial score (nSPS) is 15.0. The Hall–Kier alpha value is -3.13. The van der Waals surface area contributed by atoms with E-state index in [-0.39, 0.29) is 12.3 Å². The average molecular weight is 358 g/mol. The number of amides is 1. The van der Waals surface area contributed by atoms with E-state index in [0.29, 0.717) is 23.0 Å². The van der Waals surface area contributed by atoms with E-state index in [4.69, 9.17) is 19.9 Å². The minimum atomic E-state index is -0.586. The predicted molar refractivity (Wildman–Crippen MR) is 92.6 cm³/mol. The first-order chi connectivity index (χ1) is 12.1. The van der Waals surface area contributed by atoms with Crippen molar-refractivity contribution in [3.8, 4) is 11.5 Å². The Morgan fingerprint density at radius 3 is 2.88 bits per heavy atom. The highest BCUT2D eigenvalue weighted by molar-refractivity contribution is 7.12. The van der Waals surface area contributed by atoms with Gasteiger partial charge in [0, 0.05) is 0 Å². The molecule has 0 atom stereocenters. The molecule has 0 radical (unpaired) electrons. The maximum Gasteiger partial charge on any atom is 0.363 e. The van der Waals surface area contributed by atoms with Gasteiger partial charge in [0.05, 0.1) is 12.0 Å². The fraction of sp³-hybridized carbons (Fsp3) is 0.118. The lowest BCUT2D eigenvalue weighted by Crippen LogP contribution is -2.20. The van der Waals surface area contributed by atoms with Crippen LogP contribution in [-0.4, -0.2) is 31.5 Å². The van der Waals surface area contributed by atoms with Crippen LogP contribution in [0.1, 0.15) is 10.4 Å². The molecule has 128 valence electrons. The van der Waals surface area contributed by atoms with Crippen molar-refractivity contribution in [3.05, 3.63) is 51.8 Å². The number of methoxy groups -OCH3 is 1. The lowest BCUT2D eigenvalue weighted by atomic mass is 10.1. The summed E-state index contributed by atoms with van der Waals surface area (Å²) in [5, 5.41) is 1.88. The Balaban J connectivity index is 1.85. The summed E-state index contributed by atoms with van der Waals surface area (Å²) in [4.78, 5) is 27.8. The van der Waals surface area contributed by atoms with Gasteiger partial charge in [0.25, 0.3) is 5.91 Å². The zero-order valence-electron chi connectivity index (χ0n) is 13.2. The number of hydrogen-bond acceptors (Lipinski definition) is 7. The van der Waals surface area contributed by atoms with E-state index in [1.54, 1.807) is 24.3 Å². The third kappa shape index (κ3) is 3.86. The molecule has 25 heavy (non-hydrogen) atoms. The lowest BCUT2D eigenvalue weighted by molar-refractivity contribution is -0.130. The molecular formula is C17H14N2O5S. The third-order valence-electron chi connectivity index (χ3n) is 3.21. The minimum Gasteiger partial charge on any atom is -0.493 e. The lowest BCUT2D eigenvalue weighted by Gasteiger charge is -2.09. The Bertz CT molecular complexity index is 871. The molecule has 0 saturated heterocycles. The van der Waals surface area contributed by atoms with Crippen molar-refractivity contribution in [3.63, 3.8) is 0 Å². The van der Waals surface area contributed by atoms with Gasteiger partial charge in [-0.05, 0) is 35.2 Å². The first-order valence-electron chi connectivity index (χ1n) is 7.22. The van der Waals surface area contributed by atoms with Crippen molar-refractivity contribution in [1.82, 2.24) is 0 Å². The summed E-state index contributed by atoms with van der Waals surface area (Å²) < 4.78 is 15.7. The number of ether oxygens (including phenoxy) is 3. The molecule has 0 saturated carbocycles. The maximum absolute atomic E-state index is 12.0. The summed E-state index contributed by atoms with van der Waals surface area (Å²) >= 11 is 1.44. The smallest absolute Gasteiger partial charge is 0.363 e. The SMILES string of the molecule is COc1cc(/C=C2\N=C(c3cccs3)OC2=O)ccc1OCC(N)=O. The van der Waals surface area contributed by atoms with E-state index in [2.05, 4.69) is 4.99 Å². The van der Waals surface area contributed by atoms with Crippen LogP contribution >= 0.6 is 11.3 Å². The van der Waals surface area contributed by atoms with Crippen molar-refractivity contribution in [2.24, 2.45) is 10.7 Å². The zero-order chi connectivity index (χ0) is 17.8. The maximum atomic E-state index is 12.0. The number of carbonyl (C=O) groups is 2. The number of nitrogens with two attached hydrogens (primary N) is 1.